The van der Waals surface area contributed by atoms with Crippen molar-refractivity contribution in [2.24, 2.45) is 18.9 Å². The second-order valence-corrected chi connectivity index (χ2v) is 13.0. The van der Waals surface area contributed by atoms with Gasteiger partial charge in [0.1, 0.15) is 16.9 Å². The lowest BCUT2D eigenvalue weighted by molar-refractivity contribution is 0.0285. The molecule has 3 saturated heterocycles. The molecule has 0 bridgehead atoms. The van der Waals surface area contributed by atoms with Crippen molar-refractivity contribution in [3.8, 4) is 0 Å². The van der Waals surface area contributed by atoms with E-state index in [9.17, 15) is 9.59 Å². The number of rotatable bonds is 4. The quantitative estimate of drug-likeness (QED) is 0.502. The van der Waals surface area contributed by atoms with E-state index < -0.39 is 5.60 Å². The monoisotopic (exact) mass is 574 g/mol. The van der Waals surface area contributed by atoms with Gasteiger partial charge in [0.15, 0.2) is 0 Å². The number of hydrogen-bond acceptors (Lipinski definition) is 9. The van der Waals surface area contributed by atoms with E-state index >= 15 is 0 Å². The minimum atomic E-state index is -0.513. The highest BCUT2D eigenvalue weighted by Gasteiger charge is 2.40. The zero-order valence-corrected chi connectivity index (χ0v) is 25.3. The molecule has 42 heavy (non-hydrogen) atoms. The average molecular weight is 575 g/mol. The number of anilines is 4. The fraction of sp³-hybridized carbons (Fsp3) is 0.548. The third kappa shape index (κ3) is 5.88. The van der Waals surface area contributed by atoms with Gasteiger partial charge in [0.2, 0.25) is 5.95 Å². The van der Waals surface area contributed by atoms with Crippen molar-refractivity contribution in [1.82, 2.24) is 24.3 Å². The molecule has 1 N–H and O–H groups in total. The highest BCUT2D eigenvalue weighted by atomic mass is 16.6. The fourth-order valence-electron chi connectivity index (χ4n) is 6.33. The zero-order chi connectivity index (χ0) is 29.6. The Labute approximate surface area is 247 Å². The predicted octanol–water partition coefficient (Wildman–Crippen LogP) is 3.52. The number of aryl methyl sites for hydroxylation is 1. The van der Waals surface area contributed by atoms with Crippen molar-refractivity contribution >= 4 is 40.1 Å². The molecular formula is C31H42N8O3. The van der Waals surface area contributed by atoms with Gasteiger partial charge in [0.05, 0.1) is 0 Å². The summed E-state index contributed by atoms with van der Waals surface area (Å²) in [6, 6.07) is 10.2. The first-order valence-corrected chi connectivity index (χ1v) is 14.9. The highest BCUT2D eigenvalue weighted by Crippen LogP contribution is 2.34. The molecule has 1 amide bonds. The summed E-state index contributed by atoms with van der Waals surface area (Å²) in [4.78, 5) is 44.2. The Morgan fingerprint density at radius 3 is 2.38 bits per heavy atom. The molecule has 6 rings (SSSR count). The maximum atomic E-state index is 13.5. The van der Waals surface area contributed by atoms with Crippen molar-refractivity contribution < 1.29 is 9.53 Å². The molecule has 2 atom stereocenters. The molecule has 1 aromatic carbocycles. The first-order chi connectivity index (χ1) is 20.0. The highest BCUT2D eigenvalue weighted by molar-refractivity contribution is 5.80. The molecule has 0 unspecified atom stereocenters. The Morgan fingerprint density at radius 2 is 1.67 bits per heavy atom. The Balaban J connectivity index is 1.15. The molecule has 0 aliphatic carbocycles. The van der Waals surface area contributed by atoms with Crippen LogP contribution in [0.3, 0.4) is 0 Å². The molecule has 11 nitrogen and oxygen atoms in total. The van der Waals surface area contributed by atoms with Gasteiger partial charge in [-0.1, -0.05) is 0 Å². The zero-order valence-electron chi connectivity index (χ0n) is 25.3. The number of carbonyl (C=O) groups is 1. The second-order valence-electron chi connectivity index (χ2n) is 13.0. The van der Waals surface area contributed by atoms with Crippen LogP contribution in [0.5, 0.6) is 0 Å². The molecule has 5 heterocycles. The van der Waals surface area contributed by atoms with Crippen molar-refractivity contribution in [2.75, 3.05) is 74.5 Å². The van der Waals surface area contributed by atoms with Gasteiger partial charge in [-0.25, -0.2) is 9.78 Å². The van der Waals surface area contributed by atoms with Crippen LogP contribution >= 0.6 is 0 Å². The number of carbonyl (C=O) groups excluding carboxylic acids is 1. The summed E-state index contributed by atoms with van der Waals surface area (Å²) in [6.07, 6.45) is 2.45. The molecule has 3 aliphatic heterocycles. The van der Waals surface area contributed by atoms with Crippen LogP contribution in [0, 0.1) is 11.8 Å². The van der Waals surface area contributed by atoms with Crippen molar-refractivity contribution in [3.63, 3.8) is 0 Å². The summed E-state index contributed by atoms with van der Waals surface area (Å²) in [5, 5.41) is 4.11. The number of benzene rings is 1. The number of likely N-dealkylation sites (N-methyl/N-ethyl adjacent to an activating group) is 1. The molecule has 3 aromatic rings. The molecule has 0 radical (unpaired) electrons. The van der Waals surface area contributed by atoms with Gasteiger partial charge in [-0.2, -0.15) is 4.98 Å². The second kappa shape index (κ2) is 11.1. The summed E-state index contributed by atoms with van der Waals surface area (Å²) < 4.78 is 7.21. The van der Waals surface area contributed by atoms with Crippen LogP contribution in [0.4, 0.5) is 27.8 Å². The van der Waals surface area contributed by atoms with E-state index in [0.717, 1.165) is 56.8 Å². The Bertz CT molecular complexity index is 1510. The van der Waals surface area contributed by atoms with Crippen LogP contribution in [0.15, 0.2) is 41.3 Å². The predicted molar refractivity (Wildman–Crippen MR) is 166 cm³/mol. The Morgan fingerprint density at radius 1 is 0.952 bits per heavy atom. The van der Waals surface area contributed by atoms with Crippen molar-refractivity contribution in [3.05, 3.63) is 46.9 Å². The van der Waals surface area contributed by atoms with Gasteiger partial charge in [-0.3, -0.25) is 9.36 Å². The first-order valence-electron chi connectivity index (χ1n) is 14.9. The number of hydrogen-bond donors (Lipinski definition) is 1. The number of piperidine rings is 1. The Hall–Kier alpha value is -3.86. The minimum Gasteiger partial charge on any atom is -0.444 e. The third-order valence-electron chi connectivity index (χ3n) is 8.72. The van der Waals surface area contributed by atoms with Crippen LogP contribution in [-0.4, -0.2) is 95.4 Å². The molecule has 0 spiro atoms. The normalized spacial score (nSPS) is 21.5. The number of aromatic nitrogens is 3. The molecule has 0 saturated carbocycles. The first kappa shape index (κ1) is 28.3. The standard InChI is InChI=1S/C31H42N8O3/c1-31(2,3)42-30(41)39-18-21-10-11-38(19-23(21)20-39)26-16-22-17-32-29(34-27(22)36(5)28(26)40)33-24-6-8-25(9-7-24)37-14-12-35(4)13-15-37/h6-9,16-17,21,23H,10-15,18-20H2,1-5H3,(H,32,33,34)/t21-,23+/m0/s1. The van der Waals surface area contributed by atoms with E-state index in [4.69, 9.17) is 9.72 Å². The summed E-state index contributed by atoms with van der Waals surface area (Å²) in [6.45, 7) is 12.7. The van der Waals surface area contributed by atoms with Gasteiger partial charge in [0, 0.05) is 82.4 Å². The fourth-order valence-corrected chi connectivity index (χ4v) is 6.33. The number of nitrogens with zero attached hydrogens (tertiary/aromatic N) is 7. The molecule has 11 heteroatoms. The molecule has 224 valence electrons. The van der Waals surface area contributed by atoms with E-state index in [1.807, 2.05) is 43.9 Å². The molecule has 3 aliphatic rings. The van der Waals surface area contributed by atoms with Crippen molar-refractivity contribution in [2.45, 2.75) is 32.8 Å². The van der Waals surface area contributed by atoms with E-state index in [1.54, 1.807) is 17.8 Å². The van der Waals surface area contributed by atoms with Gasteiger partial charge < -0.3 is 29.7 Å². The van der Waals surface area contributed by atoms with Gasteiger partial charge in [0.25, 0.3) is 5.56 Å². The average Bonchev–Trinajstić information content (AvgIpc) is 3.39. The lowest BCUT2D eigenvalue weighted by Gasteiger charge is -2.35. The number of piperazine rings is 1. The number of pyridine rings is 1. The van der Waals surface area contributed by atoms with Crippen molar-refractivity contribution in [1.29, 1.82) is 0 Å². The molecule has 2 aromatic heterocycles. The minimum absolute atomic E-state index is 0.0795. The summed E-state index contributed by atoms with van der Waals surface area (Å²) in [7, 11) is 3.92. The SMILES string of the molecule is CN1CCN(c2ccc(Nc3ncc4cc(N5CC[C@H]6CN(C(=O)OC(C)(C)C)C[C@H]6C5)c(=O)n(C)c4n3)cc2)CC1. The van der Waals surface area contributed by atoms with Crippen LogP contribution in [0.25, 0.3) is 11.0 Å². The maximum Gasteiger partial charge on any atom is 0.410 e. The molecular weight excluding hydrogens is 532 g/mol. The lowest BCUT2D eigenvalue weighted by Crippen LogP contribution is -2.44. The number of likely N-dealkylation sites (tertiary alicyclic amines) is 1. The third-order valence-corrected chi connectivity index (χ3v) is 8.72. The summed E-state index contributed by atoms with van der Waals surface area (Å²) in [5.74, 6) is 1.18. The van der Waals surface area contributed by atoms with E-state index in [2.05, 4.69) is 44.2 Å². The number of fused-ring (bicyclic) bond motifs is 2. The Kier molecular flexibility index (Phi) is 7.46. The van der Waals surface area contributed by atoms with Gasteiger partial charge in [-0.15, -0.1) is 0 Å². The number of nitrogens with one attached hydrogen (secondary N) is 1. The maximum absolute atomic E-state index is 13.5. The van der Waals surface area contributed by atoms with E-state index in [1.165, 1.54) is 5.69 Å². The number of amides is 1. The van der Waals surface area contributed by atoms with Crippen LogP contribution < -0.4 is 20.7 Å². The topological polar surface area (TPSA) is 99.1 Å². The lowest BCUT2D eigenvalue weighted by atomic mass is 9.88. The van der Waals surface area contributed by atoms with Crippen LogP contribution in [0.2, 0.25) is 0 Å². The van der Waals surface area contributed by atoms with Gasteiger partial charge >= 0.3 is 6.09 Å². The smallest absolute Gasteiger partial charge is 0.410 e. The number of ether oxygens (including phenoxy) is 1. The summed E-state index contributed by atoms with van der Waals surface area (Å²) >= 11 is 0. The van der Waals surface area contributed by atoms with Crippen LogP contribution in [0.1, 0.15) is 27.2 Å². The van der Waals surface area contributed by atoms with E-state index in [-0.39, 0.29) is 11.7 Å². The van der Waals surface area contributed by atoms with Crippen LogP contribution in [-0.2, 0) is 11.8 Å². The van der Waals surface area contributed by atoms with E-state index in [0.29, 0.717) is 42.2 Å². The largest absolute Gasteiger partial charge is 0.444 e. The van der Waals surface area contributed by atoms with Gasteiger partial charge in [-0.05, 0) is 76.4 Å². The molecule has 3 fully saturated rings. The summed E-state index contributed by atoms with van der Waals surface area (Å²) in [5.41, 5.74) is 2.76.